The van der Waals surface area contributed by atoms with Crippen molar-refractivity contribution in [2.75, 3.05) is 20.3 Å². The minimum Gasteiger partial charge on any atom is -0.395 e. The molecule has 56 valence electrons. The second-order valence-electron chi connectivity index (χ2n) is 1.60. The number of methoxy groups -OCH3 is 1. The molecule has 0 fully saturated rings. The Morgan fingerprint density at radius 1 is 1.80 bits per heavy atom. The predicted molar refractivity (Wildman–Crippen MR) is 36.7 cm³/mol. The molecule has 0 aliphatic carbocycles. The van der Waals surface area contributed by atoms with Crippen molar-refractivity contribution in [1.82, 2.24) is 0 Å². The van der Waals surface area contributed by atoms with Crippen molar-refractivity contribution in [2.45, 2.75) is 5.25 Å². The summed E-state index contributed by atoms with van der Waals surface area (Å²) in [6, 6.07) is 0. The Morgan fingerprint density at radius 2 is 2.30 bits per heavy atom. The summed E-state index contributed by atoms with van der Waals surface area (Å²) in [6.45, 7) is -0.208. The van der Waals surface area contributed by atoms with E-state index in [1.165, 1.54) is 7.11 Å². The van der Waals surface area contributed by atoms with Crippen LogP contribution in [0.15, 0.2) is 0 Å². The molecule has 0 heterocycles. The summed E-state index contributed by atoms with van der Waals surface area (Å²) in [6.07, 6.45) is 0. The van der Waals surface area contributed by atoms with Crippen LogP contribution >= 0.6 is 12.6 Å². The number of aliphatic hydroxyl groups is 1. The number of Topliss-reactive ketones (excluding diaryl/α,β-unsaturated/α-hetero) is 1. The van der Waals surface area contributed by atoms with Gasteiger partial charge in [0.15, 0.2) is 5.78 Å². The molecular formula is C5H10O3SZn. The second-order valence-corrected chi connectivity index (χ2v) is 2.22. The van der Waals surface area contributed by atoms with Crippen LogP contribution in [0.5, 0.6) is 0 Å². The first kappa shape index (κ1) is 13.2. The fourth-order valence-corrected chi connectivity index (χ4v) is 0.415. The van der Waals surface area contributed by atoms with Gasteiger partial charge in [0, 0.05) is 26.6 Å². The van der Waals surface area contributed by atoms with E-state index in [4.69, 9.17) is 5.11 Å². The van der Waals surface area contributed by atoms with Gasteiger partial charge >= 0.3 is 0 Å². The van der Waals surface area contributed by atoms with Crippen LogP contribution in [0.4, 0.5) is 0 Å². The smallest absolute Gasteiger partial charge is 0.173 e. The molecule has 0 aliphatic heterocycles. The van der Waals surface area contributed by atoms with Crippen molar-refractivity contribution in [3.8, 4) is 0 Å². The third-order valence-electron chi connectivity index (χ3n) is 0.831. The topological polar surface area (TPSA) is 46.5 Å². The second kappa shape index (κ2) is 7.67. The van der Waals surface area contributed by atoms with Gasteiger partial charge in [-0.2, -0.15) is 12.6 Å². The zero-order valence-corrected chi connectivity index (χ0v) is 9.77. The van der Waals surface area contributed by atoms with Gasteiger partial charge < -0.3 is 9.84 Å². The van der Waals surface area contributed by atoms with Gasteiger partial charge in [-0.15, -0.1) is 0 Å². The van der Waals surface area contributed by atoms with Gasteiger partial charge in [0.2, 0.25) is 0 Å². The fourth-order valence-electron chi connectivity index (χ4n) is 0.340. The van der Waals surface area contributed by atoms with Gasteiger partial charge in [-0.3, -0.25) is 4.79 Å². The molecule has 0 aromatic carbocycles. The zero-order chi connectivity index (χ0) is 7.28. The van der Waals surface area contributed by atoms with Crippen molar-refractivity contribution in [3.63, 3.8) is 0 Å². The summed E-state index contributed by atoms with van der Waals surface area (Å²) in [7, 11) is 1.43. The molecule has 0 saturated heterocycles. The van der Waals surface area contributed by atoms with E-state index in [9.17, 15) is 4.79 Å². The van der Waals surface area contributed by atoms with Gasteiger partial charge in [-0.25, -0.2) is 0 Å². The van der Waals surface area contributed by atoms with Gasteiger partial charge in [0.25, 0.3) is 0 Å². The van der Waals surface area contributed by atoms with Gasteiger partial charge in [-0.05, 0) is 0 Å². The number of thiol groups is 1. The summed E-state index contributed by atoms with van der Waals surface area (Å²) >= 11 is 3.78. The number of ether oxygens (including phenoxy) is 1. The van der Waals surface area contributed by atoms with Crippen molar-refractivity contribution >= 4 is 18.4 Å². The molecular weight excluding hydrogens is 206 g/mol. The zero-order valence-electron chi connectivity index (χ0n) is 5.91. The Labute approximate surface area is 78.3 Å². The molecule has 3 nitrogen and oxygen atoms in total. The molecule has 1 N–H and O–H groups in total. The van der Waals surface area contributed by atoms with E-state index in [1.807, 2.05) is 0 Å². The Morgan fingerprint density at radius 3 is 2.60 bits per heavy atom. The van der Waals surface area contributed by atoms with E-state index >= 15 is 0 Å². The minimum absolute atomic E-state index is 0. The predicted octanol–water partition coefficient (Wildman–Crippen LogP) is -0.510. The number of hydrogen-bond acceptors (Lipinski definition) is 4. The molecule has 0 aromatic rings. The van der Waals surface area contributed by atoms with Crippen LogP contribution in [0.3, 0.4) is 0 Å². The van der Waals surface area contributed by atoms with Crippen LogP contribution in [-0.4, -0.2) is 36.5 Å². The summed E-state index contributed by atoms with van der Waals surface area (Å²) in [5, 5.41) is 7.79. The standard InChI is InChI=1S/C5H10O3S.Zn/c1-8-3-4(7)5(9)2-6;/h5-6,9H,2-3H2,1H3;. The summed E-state index contributed by atoms with van der Waals surface area (Å²) in [5.74, 6) is -0.191. The third kappa shape index (κ3) is 5.36. The number of hydrogen-bond donors (Lipinski definition) is 2. The number of ketones is 1. The maximum Gasteiger partial charge on any atom is 0.173 e. The molecule has 0 amide bonds. The molecule has 1 atom stereocenters. The van der Waals surface area contributed by atoms with E-state index < -0.39 is 5.25 Å². The average molecular weight is 216 g/mol. The van der Waals surface area contributed by atoms with Crippen LogP contribution in [0.25, 0.3) is 0 Å². The number of aliphatic hydroxyl groups excluding tert-OH is 1. The van der Waals surface area contributed by atoms with Crippen LogP contribution in [0.1, 0.15) is 0 Å². The van der Waals surface area contributed by atoms with E-state index in [0.717, 1.165) is 0 Å². The van der Waals surface area contributed by atoms with Crippen LogP contribution in [0, 0.1) is 0 Å². The first-order valence-electron chi connectivity index (χ1n) is 2.53. The number of rotatable bonds is 4. The van der Waals surface area contributed by atoms with Gasteiger partial charge in [0.05, 0.1) is 11.9 Å². The summed E-state index contributed by atoms with van der Waals surface area (Å²) in [5.41, 5.74) is 0. The molecule has 0 spiro atoms. The molecule has 0 radical (unpaired) electrons. The summed E-state index contributed by atoms with van der Waals surface area (Å²) in [4.78, 5) is 10.6. The maximum atomic E-state index is 10.6. The summed E-state index contributed by atoms with van der Waals surface area (Å²) < 4.78 is 4.52. The molecule has 0 rings (SSSR count). The van der Waals surface area contributed by atoms with Crippen LogP contribution in [0.2, 0.25) is 0 Å². The Balaban J connectivity index is 0. The van der Waals surface area contributed by atoms with E-state index in [2.05, 4.69) is 17.4 Å². The molecule has 1 unspecified atom stereocenters. The molecule has 0 bridgehead atoms. The fraction of sp³-hybridized carbons (Fsp3) is 0.800. The average Bonchev–Trinajstić information content (AvgIpc) is 1.87. The van der Waals surface area contributed by atoms with Crippen LogP contribution < -0.4 is 0 Å². The maximum absolute atomic E-state index is 10.6. The van der Waals surface area contributed by atoms with E-state index in [1.54, 1.807) is 0 Å². The molecule has 0 saturated carbocycles. The third-order valence-corrected chi connectivity index (χ3v) is 1.28. The molecule has 10 heavy (non-hydrogen) atoms. The Bertz CT molecular complexity index is 98.9. The minimum atomic E-state index is -0.593. The monoisotopic (exact) mass is 214 g/mol. The van der Waals surface area contributed by atoms with Crippen molar-refractivity contribution < 1.29 is 34.1 Å². The SMILES string of the molecule is COCC(=O)C(S)CO.[Zn]. The largest absolute Gasteiger partial charge is 0.395 e. The quantitative estimate of drug-likeness (QED) is 0.491. The number of carbonyl (C=O) groups excluding carboxylic acids is 1. The van der Waals surface area contributed by atoms with Crippen LogP contribution in [-0.2, 0) is 29.0 Å². The Hall–Kier alpha value is 0.563. The van der Waals surface area contributed by atoms with Gasteiger partial charge in [0.1, 0.15) is 6.61 Å². The number of carbonyl (C=O) groups is 1. The van der Waals surface area contributed by atoms with Crippen molar-refractivity contribution in [3.05, 3.63) is 0 Å². The first-order valence-corrected chi connectivity index (χ1v) is 3.04. The van der Waals surface area contributed by atoms with Crippen molar-refractivity contribution in [1.29, 1.82) is 0 Å². The van der Waals surface area contributed by atoms with E-state index in [-0.39, 0.29) is 38.5 Å². The normalized spacial score (nSPS) is 11.9. The molecule has 5 heteroatoms. The first-order chi connectivity index (χ1) is 4.22. The molecule has 0 aromatic heterocycles. The Kier molecular flexibility index (Phi) is 10.1. The van der Waals surface area contributed by atoms with E-state index in [0.29, 0.717) is 0 Å². The van der Waals surface area contributed by atoms with Crippen molar-refractivity contribution in [2.24, 2.45) is 0 Å². The molecule has 0 aliphatic rings. The van der Waals surface area contributed by atoms with Gasteiger partial charge in [-0.1, -0.05) is 0 Å².